The van der Waals surface area contributed by atoms with Crippen LogP contribution in [-0.4, -0.2) is 36.9 Å². The molecule has 0 atom stereocenters. The van der Waals surface area contributed by atoms with Crippen molar-refractivity contribution >= 4 is 5.91 Å². The van der Waals surface area contributed by atoms with E-state index in [1.807, 2.05) is 30.3 Å². The molecule has 0 fully saturated rings. The predicted molar refractivity (Wildman–Crippen MR) is 95.3 cm³/mol. The number of ether oxygens (including phenoxy) is 2. The zero-order valence-corrected chi connectivity index (χ0v) is 14.6. The maximum Gasteiger partial charge on any atom is 0.255 e. The molecule has 1 aromatic heterocycles. The number of hydrogen-bond acceptors (Lipinski definition) is 6. The number of carbonyl (C=O) groups is 1. The number of hydrogen-bond donors (Lipinski definition) is 1. The summed E-state index contributed by atoms with van der Waals surface area (Å²) in [5.74, 6) is 1.96. The van der Waals surface area contributed by atoms with E-state index in [1.54, 1.807) is 25.3 Å². The van der Waals surface area contributed by atoms with Crippen LogP contribution in [0.5, 0.6) is 11.5 Å². The zero-order valence-electron chi connectivity index (χ0n) is 14.6. The first kappa shape index (κ1) is 17.5. The Morgan fingerprint density at radius 2 is 1.81 bits per heavy atom. The molecule has 0 aliphatic rings. The number of rotatable bonds is 7. The number of amides is 1. The summed E-state index contributed by atoms with van der Waals surface area (Å²) in [6.45, 7) is 0.376. The Morgan fingerprint density at radius 3 is 2.54 bits per heavy atom. The molecule has 7 heteroatoms. The average Bonchev–Trinajstić information content (AvgIpc) is 3.16. The van der Waals surface area contributed by atoms with E-state index in [2.05, 4.69) is 15.5 Å². The molecule has 0 unspecified atom stereocenters. The molecular weight excluding hydrogens is 334 g/mol. The smallest absolute Gasteiger partial charge is 0.255 e. The molecule has 0 spiro atoms. The molecule has 26 heavy (non-hydrogen) atoms. The van der Waals surface area contributed by atoms with Crippen molar-refractivity contribution in [2.45, 2.75) is 6.42 Å². The fraction of sp³-hybridized carbons (Fsp3) is 0.211. The van der Waals surface area contributed by atoms with E-state index < -0.39 is 0 Å². The maximum atomic E-state index is 12.2. The lowest BCUT2D eigenvalue weighted by atomic mass is 10.2. The van der Waals surface area contributed by atoms with Crippen LogP contribution in [0.3, 0.4) is 0 Å². The van der Waals surface area contributed by atoms with E-state index in [4.69, 9.17) is 13.9 Å². The monoisotopic (exact) mass is 353 g/mol. The molecule has 0 bridgehead atoms. The number of carbonyl (C=O) groups excluding carboxylic acids is 1. The van der Waals surface area contributed by atoms with Crippen molar-refractivity contribution in [2.75, 3.05) is 20.8 Å². The molecule has 0 aliphatic carbocycles. The normalized spacial score (nSPS) is 10.4. The summed E-state index contributed by atoms with van der Waals surface area (Å²) in [5, 5.41) is 10.9. The zero-order chi connectivity index (χ0) is 18.4. The summed E-state index contributed by atoms with van der Waals surface area (Å²) in [7, 11) is 3.14. The fourth-order valence-electron chi connectivity index (χ4n) is 2.42. The Kier molecular flexibility index (Phi) is 5.48. The second-order valence-corrected chi connectivity index (χ2v) is 5.44. The van der Waals surface area contributed by atoms with Gasteiger partial charge in [-0.2, -0.15) is 0 Å². The van der Waals surface area contributed by atoms with Crippen molar-refractivity contribution in [3.05, 3.63) is 60.0 Å². The third-order valence-corrected chi connectivity index (χ3v) is 3.78. The van der Waals surface area contributed by atoms with Crippen LogP contribution in [0, 0.1) is 0 Å². The van der Waals surface area contributed by atoms with Gasteiger partial charge in [-0.3, -0.25) is 4.79 Å². The number of nitrogens with zero attached hydrogens (tertiary/aromatic N) is 2. The van der Waals surface area contributed by atoms with Gasteiger partial charge in [0.2, 0.25) is 11.8 Å². The van der Waals surface area contributed by atoms with E-state index in [9.17, 15) is 4.79 Å². The first-order valence-corrected chi connectivity index (χ1v) is 8.09. The Hall–Kier alpha value is -3.35. The maximum absolute atomic E-state index is 12.2. The SMILES string of the molecule is COc1ccc(-c2nnc(CCNC(=O)c3ccccc3OC)o2)cc1. The quantitative estimate of drug-likeness (QED) is 0.703. The molecule has 1 amide bonds. The molecule has 0 radical (unpaired) electrons. The van der Waals surface area contributed by atoms with Crippen LogP contribution in [0.2, 0.25) is 0 Å². The number of benzene rings is 2. The molecule has 0 aliphatic heterocycles. The van der Waals surface area contributed by atoms with Crippen molar-refractivity contribution in [3.8, 4) is 23.0 Å². The third-order valence-electron chi connectivity index (χ3n) is 3.78. The van der Waals surface area contributed by atoms with Gasteiger partial charge in [-0.25, -0.2) is 0 Å². The highest BCUT2D eigenvalue weighted by molar-refractivity contribution is 5.96. The largest absolute Gasteiger partial charge is 0.497 e. The second-order valence-electron chi connectivity index (χ2n) is 5.44. The predicted octanol–water partition coefficient (Wildman–Crippen LogP) is 2.73. The van der Waals surface area contributed by atoms with Crippen LogP contribution in [0.1, 0.15) is 16.2 Å². The van der Waals surface area contributed by atoms with E-state index in [0.717, 1.165) is 11.3 Å². The average molecular weight is 353 g/mol. The topological polar surface area (TPSA) is 86.5 Å². The van der Waals surface area contributed by atoms with Crippen molar-refractivity contribution in [1.29, 1.82) is 0 Å². The van der Waals surface area contributed by atoms with E-state index >= 15 is 0 Å². The lowest BCUT2D eigenvalue weighted by molar-refractivity contribution is 0.0950. The summed E-state index contributed by atoms with van der Waals surface area (Å²) in [6, 6.07) is 14.4. The summed E-state index contributed by atoms with van der Waals surface area (Å²) >= 11 is 0. The molecule has 134 valence electrons. The van der Waals surface area contributed by atoms with E-state index in [-0.39, 0.29) is 5.91 Å². The minimum atomic E-state index is -0.211. The van der Waals surface area contributed by atoms with Crippen molar-refractivity contribution < 1.29 is 18.7 Å². The summed E-state index contributed by atoms with van der Waals surface area (Å²) in [4.78, 5) is 12.2. The van der Waals surface area contributed by atoms with Crippen LogP contribution in [-0.2, 0) is 6.42 Å². The molecular formula is C19H19N3O4. The summed E-state index contributed by atoms with van der Waals surface area (Å²) in [6.07, 6.45) is 0.435. The lowest BCUT2D eigenvalue weighted by Crippen LogP contribution is -2.26. The molecule has 0 saturated carbocycles. The first-order chi connectivity index (χ1) is 12.7. The van der Waals surface area contributed by atoms with Crippen molar-refractivity contribution in [3.63, 3.8) is 0 Å². The molecule has 7 nitrogen and oxygen atoms in total. The summed E-state index contributed by atoms with van der Waals surface area (Å²) < 4.78 is 15.9. The Morgan fingerprint density at radius 1 is 1.04 bits per heavy atom. The number of para-hydroxylation sites is 1. The highest BCUT2D eigenvalue weighted by Crippen LogP contribution is 2.21. The molecule has 1 heterocycles. The van der Waals surface area contributed by atoms with Gasteiger partial charge in [-0.15, -0.1) is 10.2 Å². The number of nitrogens with one attached hydrogen (secondary N) is 1. The van der Waals surface area contributed by atoms with Gasteiger partial charge in [0.15, 0.2) is 0 Å². The van der Waals surface area contributed by atoms with Gasteiger partial charge < -0.3 is 19.2 Å². The molecule has 3 aromatic rings. The van der Waals surface area contributed by atoms with Gasteiger partial charge in [-0.05, 0) is 36.4 Å². The van der Waals surface area contributed by atoms with Crippen LogP contribution >= 0.6 is 0 Å². The highest BCUT2D eigenvalue weighted by Gasteiger charge is 2.12. The van der Waals surface area contributed by atoms with Crippen LogP contribution in [0.15, 0.2) is 52.9 Å². The minimum Gasteiger partial charge on any atom is -0.497 e. The molecule has 1 N–H and O–H groups in total. The van der Waals surface area contributed by atoms with Crippen LogP contribution in [0.4, 0.5) is 0 Å². The third kappa shape index (κ3) is 4.00. The van der Waals surface area contributed by atoms with Gasteiger partial charge in [0.05, 0.1) is 19.8 Å². The van der Waals surface area contributed by atoms with Gasteiger partial charge >= 0.3 is 0 Å². The van der Waals surface area contributed by atoms with E-state index in [0.29, 0.717) is 36.1 Å². The first-order valence-electron chi connectivity index (χ1n) is 8.09. The Bertz CT molecular complexity index is 875. The van der Waals surface area contributed by atoms with Gasteiger partial charge in [0, 0.05) is 18.5 Å². The summed E-state index contributed by atoms with van der Waals surface area (Å²) in [5.41, 5.74) is 1.29. The standard InChI is InChI=1S/C19H19N3O4/c1-24-14-9-7-13(8-10-14)19-22-21-17(26-19)11-12-20-18(23)15-5-3-4-6-16(15)25-2/h3-10H,11-12H2,1-2H3,(H,20,23). The fourth-order valence-corrected chi connectivity index (χ4v) is 2.42. The van der Waals surface area contributed by atoms with Gasteiger partial charge in [0.1, 0.15) is 11.5 Å². The van der Waals surface area contributed by atoms with Crippen molar-refractivity contribution in [2.24, 2.45) is 0 Å². The van der Waals surface area contributed by atoms with Gasteiger partial charge in [0.25, 0.3) is 5.91 Å². The van der Waals surface area contributed by atoms with Crippen LogP contribution in [0.25, 0.3) is 11.5 Å². The highest BCUT2D eigenvalue weighted by atomic mass is 16.5. The molecule has 0 saturated heterocycles. The number of methoxy groups -OCH3 is 2. The Labute approximate surface area is 151 Å². The van der Waals surface area contributed by atoms with Crippen molar-refractivity contribution in [1.82, 2.24) is 15.5 Å². The van der Waals surface area contributed by atoms with Crippen LogP contribution < -0.4 is 14.8 Å². The second kappa shape index (κ2) is 8.15. The lowest BCUT2D eigenvalue weighted by Gasteiger charge is -2.08. The molecule has 2 aromatic carbocycles. The van der Waals surface area contributed by atoms with Gasteiger partial charge in [-0.1, -0.05) is 12.1 Å². The van der Waals surface area contributed by atoms with E-state index in [1.165, 1.54) is 7.11 Å². The number of aromatic nitrogens is 2. The minimum absolute atomic E-state index is 0.211. The Balaban J connectivity index is 1.57. The molecule has 3 rings (SSSR count).